The highest BCUT2D eigenvalue weighted by molar-refractivity contribution is 8.00. The average molecular weight is 362 g/mol. The van der Waals surface area contributed by atoms with Crippen LogP contribution in [0.1, 0.15) is 4.88 Å². The molecule has 0 aliphatic carbocycles. The maximum absolute atomic E-state index is 7.61. The summed E-state index contributed by atoms with van der Waals surface area (Å²) in [4.78, 5) is 5.53. The first-order valence-corrected chi connectivity index (χ1v) is 9.67. The Hall–Kier alpha value is -1.83. The molecule has 23 heavy (non-hydrogen) atoms. The summed E-state index contributed by atoms with van der Waals surface area (Å²) >= 11 is 4.79. The van der Waals surface area contributed by atoms with Crippen molar-refractivity contribution in [3.05, 3.63) is 40.6 Å². The molecule has 118 valence electrons. The molecule has 1 aromatic carbocycles. The maximum atomic E-state index is 7.61. The lowest BCUT2D eigenvalue weighted by Crippen LogP contribution is -2.08. The first-order valence-electron chi connectivity index (χ1n) is 6.75. The van der Waals surface area contributed by atoms with Crippen LogP contribution >= 0.6 is 34.4 Å². The Balaban J connectivity index is 1.96. The highest BCUT2D eigenvalue weighted by Crippen LogP contribution is 2.40. The number of ether oxygens (including phenoxy) is 1. The summed E-state index contributed by atoms with van der Waals surface area (Å²) < 4.78 is 6.31. The number of thiazole rings is 1. The first-order chi connectivity index (χ1) is 11.1. The number of amidine groups is 1. The number of benzene rings is 1. The van der Waals surface area contributed by atoms with E-state index in [9.17, 15) is 0 Å². The van der Waals surface area contributed by atoms with E-state index in [1.54, 1.807) is 30.2 Å². The third-order valence-electron chi connectivity index (χ3n) is 3.27. The highest BCUT2D eigenvalue weighted by atomic mass is 32.2. The van der Waals surface area contributed by atoms with Crippen LogP contribution in [0.2, 0.25) is 0 Å². The van der Waals surface area contributed by atoms with Gasteiger partial charge in [-0.2, -0.15) is 0 Å². The van der Waals surface area contributed by atoms with Crippen molar-refractivity contribution in [2.24, 2.45) is 5.73 Å². The lowest BCUT2D eigenvalue weighted by Gasteiger charge is -2.00. The highest BCUT2D eigenvalue weighted by Gasteiger charge is 2.15. The van der Waals surface area contributed by atoms with Gasteiger partial charge in [0.15, 0.2) is 0 Å². The van der Waals surface area contributed by atoms with Crippen LogP contribution in [-0.2, 0) is 0 Å². The molecule has 0 amide bonds. The van der Waals surface area contributed by atoms with E-state index in [1.807, 2.05) is 42.0 Å². The molecule has 0 saturated heterocycles. The first kappa shape index (κ1) is 16.0. The van der Waals surface area contributed by atoms with Gasteiger partial charge in [-0.3, -0.25) is 5.41 Å². The molecular weight excluding hydrogens is 346 g/mol. The molecule has 3 rings (SSSR count). The van der Waals surface area contributed by atoms with Gasteiger partial charge in [-0.1, -0.05) is 0 Å². The topological polar surface area (TPSA) is 72.0 Å². The van der Waals surface area contributed by atoms with Crippen molar-refractivity contribution in [3.63, 3.8) is 0 Å². The molecule has 3 aromatic rings. The Kier molecular flexibility index (Phi) is 4.70. The van der Waals surface area contributed by atoms with E-state index in [4.69, 9.17) is 20.9 Å². The lowest BCUT2D eigenvalue weighted by atomic mass is 10.2. The number of aromatic nitrogens is 1. The van der Waals surface area contributed by atoms with E-state index in [0.717, 1.165) is 36.7 Å². The summed E-state index contributed by atoms with van der Waals surface area (Å²) in [5, 5.41) is 10.6. The maximum Gasteiger partial charge on any atom is 0.133 e. The molecule has 0 spiro atoms. The molecule has 2 heterocycles. The van der Waals surface area contributed by atoms with E-state index in [0.29, 0.717) is 0 Å². The molecular formula is C16H15N3OS3. The Morgan fingerprint density at radius 1 is 1.30 bits per heavy atom. The van der Waals surface area contributed by atoms with Crippen LogP contribution in [0.5, 0.6) is 5.75 Å². The molecule has 0 bridgehead atoms. The van der Waals surface area contributed by atoms with Crippen LogP contribution in [0, 0.1) is 5.41 Å². The van der Waals surface area contributed by atoms with Gasteiger partial charge < -0.3 is 10.5 Å². The normalized spacial score (nSPS) is 10.7. The summed E-state index contributed by atoms with van der Waals surface area (Å²) in [5.41, 5.74) is 8.66. The number of nitrogens with two attached hydrogens (primary N) is 1. The predicted octanol–water partition coefficient (Wildman–Crippen LogP) is 4.55. The summed E-state index contributed by atoms with van der Waals surface area (Å²) in [6, 6.07) is 9.82. The molecule has 0 fully saturated rings. The van der Waals surface area contributed by atoms with Crippen molar-refractivity contribution in [1.29, 1.82) is 5.41 Å². The molecule has 4 nitrogen and oxygen atoms in total. The molecule has 0 radical (unpaired) electrons. The van der Waals surface area contributed by atoms with Crippen molar-refractivity contribution in [2.45, 2.75) is 4.21 Å². The zero-order valence-corrected chi connectivity index (χ0v) is 15.1. The van der Waals surface area contributed by atoms with Crippen molar-refractivity contribution < 1.29 is 4.74 Å². The summed E-state index contributed by atoms with van der Waals surface area (Å²) in [5.74, 6) is 0.932. The van der Waals surface area contributed by atoms with Gasteiger partial charge >= 0.3 is 0 Å². The number of thioether (sulfide) groups is 1. The van der Waals surface area contributed by atoms with Gasteiger partial charge in [-0.15, -0.1) is 34.4 Å². The molecule has 0 atom stereocenters. The lowest BCUT2D eigenvalue weighted by molar-refractivity contribution is 0.415. The van der Waals surface area contributed by atoms with E-state index in [1.165, 1.54) is 11.3 Å². The second kappa shape index (κ2) is 6.74. The Labute approximate surface area is 146 Å². The van der Waals surface area contributed by atoms with Crippen molar-refractivity contribution in [2.75, 3.05) is 13.4 Å². The van der Waals surface area contributed by atoms with Gasteiger partial charge in [0.2, 0.25) is 0 Å². The van der Waals surface area contributed by atoms with Crippen molar-refractivity contribution >= 4 is 40.3 Å². The molecule has 7 heteroatoms. The molecule has 0 aliphatic heterocycles. The summed E-state index contributed by atoms with van der Waals surface area (Å²) in [6.45, 7) is 0. The third kappa shape index (κ3) is 3.26. The van der Waals surface area contributed by atoms with Gasteiger partial charge in [0.05, 0.1) is 21.9 Å². The third-order valence-corrected chi connectivity index (χ3v) is 6.45. The van der Waals surface area contributed by atoms with E-state index in [2.05, 4.69) is 0 Å². The number of hydrogen-bond acceptors (Lipinski definition) is 6. The summed E-state index contributed by atoms with van der Waals surface area (Å²) in [7, 11) is 1.66. The zero-order valence-electron chi connectivity index (χ0n) is 12.6. The van der Waals surface area contributed by atoms with E-state index < -0.39 is 0 Å². The minimum absolute atomic E-state index is 0.100. The number of thiophene rings is 1. The van der Waals surface area contributed by atoms with Gasteiger partial charge in [0.1, 0.15) is 16.6 Å². The largest absolute Gasteiger partial charge is 0.497 e. The fourth-order valence-electron chi connectivity index (χ4n) is 2.10. The standard InChI is InChI=1S/C16H15N3OS3/c1-20-10-5-3-9(4-6-10)12-8-22-15(19-12)11-7-13(14(17)18)23-16(11)21-2/h3-8H,1-2H3,(H3,17,18). The molecule has 0 saturated carbocycles. The fourth-order valence-corrected chi connectivity index (χ4v) is 4.81. The molecule has 0 aliphatic rings. The Bertz CT molecular complexity index is 837. The van der Waals surface area contributed by atoms with E-state index in [-0.39, 0.29) is 5.84 Å². The average Bonchev–Trinajstić information content (AvgIpc) is 3.21. The number of nitrogens with one attached hydrogen (secondary N) is 1. The van der Waals surface area contributed by atoms with Crippen LogP contribution in [-0.4, -0.2) is 24.2 Å². The molecule has 3 N–H and O–H groups in total. The quantitative estimate of drug-likeness (QED) is 0.397. The van der Waals surface area contributed by atoms with Crippen molar-refractivity contribution in [1.82, 2.24) is 4.98 Å². The Morgan fingerprint density at radius 2 is 2.04 bits per heavy atom. The zero-order chi connectivity index (χ0) is 16.4. The smallest absolute Gasteiger partial charge is 0.133 e. The second-order valence-corrected chi connectivity index (χ2v) is 7.68. The van der Waals surface area contributed by atoms with Gasteiger partial charge in [-0.25, -0.2) is 4.98 Å². The van der Waals surface area contributed by atoms with Crippen LogP contribution in [0.3, 0.4) is 0 Å². The van der Waals surface area contributed by atoms with Crippen molar-refractivity contribution in [3.8, 4) is 27.6 Å². The number of rotatable bonds is 5. The number of methoxy groups -OCH3 is 1. The van der Waals surface area contributed by atoms with Gasteiger partial charge in [-0.05, 0) is 36.6 Å². The van der Waals surface area contributed by atoms with Crippen LogP contribution in [0.4, 0.5) is 0 Å². The van der Waals surface area contributed by atoms with Crippen LogP contribution in [0.25, 0.3) is 21.8 Å². The monoisotopic (exact) mass is 361 g/mol. The van der Waals surface area contributed by atoms with Gasteiger partial charge in [0.25, 0.3) is 0 Å². The SMILES string of the molecule is COc1ccc(-c2csc(-c3cc(C(=N)N)sc3SC)n2)cc1. The second-order valence-electron chi connectivity index (χ2n) is 4.70. The minimum atomic E-state index is 0.100. The van der Waals surface area contributed by atoms with Crippen LogP contribution < -0.4 is 10.5 Å². The van der Waals surface area contributed by atoms with Crippen LogP contribution in [0.15, 0.2) is 39.9 Å². The predicted molar refractivity (Wildman–Crippen MR) is 100 cm³/mol. The molecule has 2 aromatic heterocycles. The van der Waals surface area contributed by atoms with E-state index >= 15 is 0 Å². The Morgan fingerprint density at radius 3 is 2.65 bits per heavy atom. The number of nitrogen functional groups attached to an aromatic ring is 1. The summed E-state index contributed by atoms with van der Waals surface area (Å²) in [6.07, 6.45) is 2.03. The minimum Gasteiger partial charge on any atom is -0.497 e. The fraction of sp³-hybridized carbons (Fsp3) is 0.125. The molecule has 0 unspecified atom stereocenters. The van der Waals surface area contributed by atoms with Gasteiger partial charge in [0, 0.05) is 16.5 Å². The number of nitrogens with zero attached hydrogens (tertiary/aromatic N) is 1. The number of hydrogen-bond donors (Lipinski definition) is 2.